The molecule has 0 aliphatic rings. The van der Waals surface area contributed by atoms with E-state index in [1.165, 1.54) is 30.6 Å². The fourth-order valence-electron chi connectivity index (χ4n) is 1.02. The van der Waals surface area contributed by atoms with Crippen molar-refractivity contribution in [2.75, 3.05) is 18.5 Å². The van der Waals surface area contributed by atoms with E-state index in [1.807, 2.05) is 0 Å². The van der Waals surface area contributed by atoms with Gasteiger partial charge in [0.15, 0.2) is 0 Å². The van der Waals surface area contributed by atoms with Gasteiger partial charge in [-0.3, -0.25) is 8.86 Å². The molecular formula is C9H11NO4S. The van der Waals surface area contributed by atoms with Gasteiger partial charge in [0.1, 0.15) is 0 Å². The molecule has 0 aromatic heterocycles. The van der Waals surface area contributed by atoms with Crippen molar-refractivity contribution in [1.82, 2.24) is 0 Å². The zero-order valence-corrected chi connectivity index (χ0v) is 9.15. The first-order chi connectivity index (χ1) is 7.06. The summed E-state index contributed by atoms with van der Waals surface area (Å²) >= 11 is -2.06. The highest BCUT2D eigenvalue weighted by atomic mass is 32.2. The van der Waals surface area contributed by atoms with Crippen molar-refractivity contribution in [3.8, 4) is 0 Å². The number of esters is 1. The Balaban J connectivity index is 2.90. The summed E-state index contributed by atoms with van der Waals surface area (Å²) in [6, 6.07) is 6.20. The Bertz CT molecular complexity index is 376. The Kier molecular flexibility index (Phi) is 3.81. The minimum Gasteiger partial charge on any atom is -0.465 e. The molecule has 1 atom stereocenters. The van der Waals surface area contributed by atoms with E-state index in [-0.39, 0.29) is 0 Å². The Hall–Kier alpha value is -1.40. The molecule has 1 aromatic carbocycles. The van der Waals surface area contributed by atoms with Crippen molar-refractivity contribution in [3.63, 3.8) is 0 Å². The number of carbonyl (C=O) groups is 1. The molecule has 0 fully saturated rings. The van der Waals surface area contributed by atoms with Crippen LogP contribution in [0.4, 0.5) is 5.69 Å². The molecule has 1 aromatic rings. The summed E-state index contributed by atoms with van der Waals surface area (Å²) in [6.45, 7) is 0. The number of anilines is 1. The van der Waals surface area contributed by atoms with Gasteiger partial charge in [-0.25, -0.2) is 9.00 Å². The van der Waals surface area contributed by atoms with Crippen molar-refractivity contribution in [3.05, 3.63) is 29.8 Å². The second-order valence-electron chi connectivity index (χ2n) is 2.77. The lowest BCUT2D eigenvalue weighted by molar-refractivity contribution is 0.0601. The summed E-state index contributed by atoms with van der Waals surface area (Å²) in [4.78, 5) is 11.1. The molecule has 82 valence electrons. The summed E-state index contributed by atoms with van der Waals surface area (Å²) in [5.74, 6) is -0.436. The molecule has 0 aliphatic carbocycles. The van der Waals surface area contributed by atoms with Crippen LogP contribution in [0.5, 0.6) is 0 Å². The molecule has 0 radical (unpaired) electrons. The SMILES string of the molecule is COC(=O)c1ccc(N(C)S(=O)O)cc1. The van der Waals surface area contributed by atoms with E-state index in [1.54, 1.807) is 12.1 Å². The quantitative estimate of drug-likeness (QED) is 0.621. The maximum absolute atomic E-state index is 11.1. The van der Waals surface area contributed by atoms with Gasteiger partial charge in [0.05, 0.1) is 18.4 Å². The third kappa shape index (κ3) is 2.77. The monoisotopic (exact) mass is 229 g/mol. The number of methoxy groups -OCH3 is 1. The number of hydrogen-bond donors (Lipinski definition) is 1. The molecule has 0 spiro atoms. The number of ether oxygens (including phenoxy) is 1. The van der Waals surface area contributed by atoms with Crippen LogP contribution in [-0.2, 0) is 16.0 Å². The standard InChI is InChI=1S/C9H11NO4S/c1-10(15(12)13)8-5-3-7(4-6-8)9(11)14-2/h3-6H,1-2H3,(H,12,13). The van der Waals surface area contributed by atoms with Crippen LogP contribution in [0, 0.1) is 0 Å². The highest BCUT2D eigenvalue weighted by Gasteiger charge is 2.08. The number of benzene rings is 1. The smallest absolute Gasteiger partial charge is 0.337 e. The third-order valence-electron chi connectivity index (χ3n) is 1.89. The van der Waals surface area contributed by atoms with Crippen molar-refractivity contribution in [1.29, 1.82) is 0 Å². The van der Waals surface area contributed by atoms with Crippen LogP contribution in [-0.4, -0.2) is 28.9 Å². The Labute approximate surface area is 90.1 Å². The maximum Gasteiger partial charge on any atom is 0.337 e. The van der Waals surface area contributed by atoms with Crippen LogP contribution < -0.4 is 4.31 Å². The molecule has 6 heteroatoms. The lowest BCUT2D eigenvalue weighted by atomic mass is 10.2. The average Bonchev–Trinajstić information content (AvgIpc) is 2.27. The van der Waals surface area contributed by atoms with E-state index in [9.17, 15) is 9.00 Å². The fourth-order valence-corrected chi connectivity index (χ4v) is 1.32. The predicted octanol–water partition coefficient (Wildman–Crippen LogP) is 1.05. The normalized spacial score (nSPS) is 11.9. The van der Waals surface area contributed by atoms with Gasteiger partial charge in [-0.05, 0) is 24.3 Å². The number of hydrogen-bond acceptors (Lipinski definition) is 3. The van der Waals surface area contributed by atoms with Gasteiger partial charge in [-0.15, -0.1) is 0 Å². The summed E-state index contributed by atoms with van der Waals surface area (Å²) in [5.41, 5.74) is 0.946. The zero-order chi connectivity index (χ0) is 11.4. The summed E-state index contributed by atoms with van der Waals surface area (Å²) in [5, 5.41) is 0. The van der Waals surface area contributed by atoms with Gasteiger partial charge in [0, 0.05) is 7.05 Å². The van der Waals surface area contributed by atoms with Crippen LogP contribution in [0.15, 0.2) is 24.3 Å². The van der Waals surface area contributed by atoms with Gasteiger partial charge in [-0.2, -0.15) is 0 Å². The lowest BCUT2D eigenvalue weighted by Crippen LogP contribution is -2.19. The molecule has 1 N–H and O–H groups in total. The van der Waals surface area contributed by atoms with Crippen LogP contribution in [0.3, 0.4) is 0 Å². The van der Waals surface area contributed by atoms with E-state index in [0.29, 0.717) is 11.3 Å². The van der Waals surface area contributed by atoms with Gasteiger partial charge in [0.25, 0.3) is 11.3 Å². The third-order valence-corrected chi connectivity index (χ3v) is 2.57. The Morgan fingerprint density at radius 3 is 2.33 bits per heavy atom. The number of nitrogens with zero attached hydrogens (tertiary/aromatic N) is 1. The second kappa shape index (κ2) is 4.90. The van der Waals surface area contributed by atoms with Crippen LogP contribution >= 0.6 is 0 Å². The molecule has 0 bridgehead atoms. The Morgan fingerprint density at radius 1 is 1.40 bits per heavy atom. The lowest BCUT2D eigenvalue weighted by Gasteiger charge is -2.13. The second-order valence-corrected chi connectivity index (χ2v) is 3.78. The van der Waals surface area contributed by atoms with E-state index in [0.717, 1.165) is 0 Å². The van der Waals surface area contributed by atoms with Gasteiger partial charge in [-0.1, -0.05) is 0 Å². The number of carbonyl (C=O) groups excluding carboxylic acids is 1. The van der Waals surface area contributed by atoms with Crippen molar-refractivity contribution < 1.29 is 18.3 Å². The van der Waals surface area contributed by atoms with Crippen molar-refractivity contribution in [2.24, 2.45) is 0 Å². The molecule has 0 saturated carbocycles. The molecule has 0 amide bonds. The van der Waals surface area contributed by atoms with Gasteiger partial charge >= 0.3 is 5.97 Å². The summed E-state index contributed by atoms with van der Waals surface area (Å²) < 4.78 is 25.2. The molecule has 1 rings (SSSR count). The molecule has 15 heavy (non-hydrogen) atoms. The van der Waals surface area contributed by atoms with Gasteiger partial charge < -0.3 is 4.74 Å². The first kappa shape index (κ1) is 11.7. The molecule has 0 saturated heterocycles. The topological polar surface area (TPSA) is 66.8 Å². The first-order valence-electron chi connectivity index (χ1n) is 4.09. The first-order valence-corrected chi connectivity index (χ1v) is 5.15. The highest BCUT2D eigenvalue weighted by molar-refractivity contribution is 7.80. The van der Waals surface area contributed by atoms with Crippen LogP contribution in [0.2, 0.25) is 0 Å². The molecule has 0 aliphatic heterocycles. The van der Waals surface area contributed by atoms with Crippen molar-refractivity contribution >= 4 is 22.9 Å². The largest absolute Gasteiger partial charge is 0.465 e. The molecular weight excluding hydrogens is 218 g/mol. The molecule has 5 nitrogen and oxygen atoms in total. The Morgan fingerprint density at radius 2 is 1.93 bits per heavy atom. The van der Waals surface area contributed by atoms with Gasteiger partial charge in [0.2, 0.25) is 0 Å². The molecule has 1 unspecified atom stereocenters. The maximum atomic E-state index is 11.1. The summed E-state index contributed by atoms with van der Waals surface area (Å²) in [6.07, 6.45) is 0. The van der Waals surface area contributed by atoms with Crippen LogP contribution in [0.25, 0.3) is 0 Å². The fraction of sp³-hybridized carbons (Fsp3) is 0.222. The van der Waals surface area contributed by atoms with E-state index >= 15 is 0 Å². The van der Waals surface area contributed by atoms with E-state index in [2.05, 4.69) is 4.74 Å². The highest BCUT2D eigenvalue weighted by Crippen LogP contribution is 2.15. The predicted molar refractivity (Wildman–Crippen MR) is 57.0 cm³/mol. The van der Waals surface area contributed by atoms with Crippen molar-refractivity contribution in [2.45, 2.75) is 0 Å². The van der Waals surface area contributed by atoms with E-state index < -0.39 is 17.2 Å². The molecule has 0 heterocycles. The minimum atomic E-state index is -2.06. The number of rotatable bonds is 3. The summed E-state index contributed by atoms with van der Waals surface area (Å²) in [7, 11) is 2.77. The minimum absolute atomic E-state index is 0.401. The van der Waals surface area contributed by atoms with E-state index in [4.69, 9.17) is 4.55 Å². The average molecular weight is 229 g/mol. The van der Waals surface area contributed by atoms with Crippen LogP contribution in [0.1, 0.15) is 10.4 Å². The zero-order valence-electron chi connectivity index (χ0n) is 8.34.